The van der Waals surface area contributed by atoms with E-state index in [4.69, 9.17) is 4.74 Å². The molecule has 5 rings (SSSR count). The number of aryl methyl sites for hydroxylation is 1. The van der Waals surface area contributed by atoms with Crippen molar-refractivity contribution >= 4 is 17.5 Å². The van der Waals surface area contributed by atoms with E-state index in [1.54, 1.807) is 18.2 Å². The van der Waals surface area contributed by atoms with E-state index in [9.17, 15) is 19.2 Å². The maximum absolute atomic E-state index is 15.5. The fourth-order valence-corrected chi connectivity index (χ4v) is 5.57. The lowest BCUT2D eigenvalue weighted by atomic mass is 9.90. The van der Waals surface area contributed by atoms with Crippen molar-refractivity contribution in [2.75, 3.05) is 19.0 Å². The fraction of sp³-hybridized carbons (Fsp3) is 0.273. The molecule has 3 aromatic carbocycles. The van der Waals surface area contributed by atoms with Gasteiger partial charge in [0.2, 0.25) is 5.91 Å². The van der Waals surface area contributed by atoms with Crippen molar-refractivity contribution in [1.29, 1.82) is 0 Å². The van der Waals surface area contributed by atoms with Crippen LogP contribution in [-0.4, -0.2) is 40.6 Å². The highest BCUT2D eigenvalue weighted by atomic mass is 19.1. The smallest absolute Gasteiger partial charge is 0.330 e. The molecule has 3 N–H and O–H groups in total. The van der Waals surface area contributed by atoms with Gasteiger partial charge in [0.1, 0.15) is 17.1 Å². The molecule has 0 bridgehead atoms. The summed E-state index contributed by atoms with van der Waals surface area (Å²) in [4.78, 5) is 49.3. The second kappa shape index (κ2) is 12.3. The number of benzene rings is 3. The molecule has 4 aromatic rings. The van der Waals surface area contributed by atoms with Crippen LogP contribution in [-0.2, 0) is 25.4 Å². The molecule has 1 unspecified atom stereocenters. The van der Waals surface area contributed by atoms with Crippen molar-refractivity contribution in [3.63, 3.8) is 0 Å². The van der Waals surface area contributed by atoms with Crippen LogP contribution in [0.15, 0.2) is 64.3 Å². The Labute approximate surface area is 253 Å². The first kappa shape index (κ1) is 30.4. The molecular weight excluding hydrogens is 565 g/mol. The molecule has 1 fully saturated rings. The number of hydrogen-bond donors (Lipinski definition) is 3. The van der Waals surface area contributed by atoms with Crippen LogP contribution in [0.5, 0.6) is 5.75 Å². The van der Waals surface area contributed by atoms with Crippen LogP contribution in [0.2, 0.25) is 0 Å². The molecule has 2 heterocycles. The Morgan fingerprint density at radius 1 is 1.02 bits per heavy atom. The second-order valence-electron chi connectivity index (χ2n) is 10.9. The van der Waals surface area contributed by atoms with Crippen LogP contribution in [0.3, 0.4) is 0 Å². The lowest BCUT2D eigenvalue weighted by Gasteiger charge is -2.18. The van der Waals surface area contributed by atoms with Gasteiger partial charge in [-0.15, -0.1) is 0 Å². The number of nitrogens with zero attached hydrogens (tertiary/aromatic N) is 2. The summed E-state index contributed by atoms with van der Waals surface area (Å²) in [5.74, 6) is -0.668. The Hall–Kier alpha value is -5.03. The monoisotopic (exact) mass is 599 g/mol. The van der Waals surface area contributed by atoms with E-state index >= 15 is 4.39 Å². The zero-order valence-corrected chi connectivity index (χ0v) is 25.2. The van der Waals surface area contributed by atoms with Gasteiger partial charge in [0.25, 0.3) is 11.5 Å². The molecule has 1 atom stereocenters. The molecule has 0 aliphatic carbocycles. The average molecular weight is 600 g/mol. The number of hydrogen-bond acceptors (Lipinski definition) is 6. The molecule has 2 amide bonds. The highest BCUT2D eigenvalue weighted by Crippen LogP contribution is 2.37. The van der Waals surface area contributed by atoms with Gasteiger partial charge in [-0.25, -0.2) is 9.18 Å². The van der Waals surface area contributed by atoms with E-state index in [0.717, 1.165) is 32.4 Å². The number of nitrogens with one attached hydrogen (secondary N) is 3. The van der Waals surface area contributed by atoms with Crippen LogP contribution in [0, 0.1) is 19.7 Å². The average Bonchev–Trinajstić information content (AvgIpc) is 3.43. The molecule has 228 valence electrons. The molecular formula is C33H34FN5O5. The quantitative estimate of drug-likeness (QED) is 0.285. The number of methoxy groups -OCH3 is 1. The van der Waals surface area contributed by atoms with Gasteiger partial charge >= 0.3 is 5.69 Å². The number of rotatable bonds is 8. The van der Waals surface area contributed by atoms with Crippen LogP contribution in [0.1, 0.15) is 33.5 Å². The molecule has 1 aromatic heterocycles. The number of carbonyl (C=O) groups excluding carboxylic acids is 2. The van der Waals surface area contributed by atoms with Gasteiger partial charge in [-0.1, -0.05) is 30.3 Å². The predicted octanol–water partition coefficient (Wildman–Crippen LogP) is 3.41. The zero-order chi connectivity index (χ0) is 31.7. The van der Waals surface area contributed by atoms with Crippen LogP contribution < -0.4 is 31.9 Å². The number of aromatic nitrogens is 2. The Bertz CT molecular complexity index is 1910. The lowest BCUT2D eigenvalue weighted by Crippen LogP contribution is -2.40. The summed E-state index contributed by atoms with van der Waals surface area (Å²) in [6.07, 6.45) is 1.58. The zero-order valence-electron chi connectivity index (χ0n) is 25.2. The first-order valence-electron chi connectivity index (χ1n) is 14.1. The summed E-state index contributed by atoms with van der Waals surface area (Å²) in [6.45, 7) is 4.54. The molecule has 1 aliphatic heterocycles. The van der Waals surface area contributed by atoms with Gasteiger partial charge in [0.05, 0.1) is 7.11 Å². The van der Waals surface area contributed by atoms with Crippen molar-refractivity contribution in [2.45, 2.75) is 32.9 Å². The number of amides is 2. The molecule has 1 aliphatic rings. The molecule has 11 heteroatoms. The van der Waals surface area contributed by atoms with E-state index in [2.05, 4.69) is 16.0 Å². The summed E-state index contributed by atoms with van der Waals surface area (Å²) in [5.41, 5.74) is 4.40. The van der Waals surface area contributed by atoms with E-state index in [-0.39, 0.29) is 24.1 Å². The van der Waals surface area contributed by atoms with Crippen LogP contribution in [0.25, 0.3) is 22.3 Å². The summed E-state index contributed by atoms with van der Waals surface area (Å²) in [6, 6.07) is 14.5. The van der Waals surface area contributed by atoms with E-state index in [1.165, 1.54) is 38.0 Å². The maximum Gasteiger partial charge on any atom is 0.330 e. The highest BCUT2D eigenvalue weighted by molar-refractivity contribution is 6.04. The van der Waals surface area contributed by atoms with Crippen molar-refractivity contribution in [3.05, 3.63) is 104 Å². The van der Waals surface area contributed by atoms with Gasteiger partial charge in [-0.05, 0) is 65.4 Å². The third kappa shape index (κ3) is 5.78. The minimum absolute atomic E-state index is 0.0288. The van der Waals surface area contributed by atoms with Crippen LogP contribution in [0.4, 0.5) is 10.1 Å². The summed E-state index contributed by atoms with van der Waals surface area (Å²) in [5, 5.41) is 8.81. The topological polar surface area (TPSA) is 123 Å². The first-order chi connectivity index (χ1) is 21.0. The van der Waals surface area contributed by atoms with E-state index in [0.29, 0.717) is 35.5 Å². The number of ether oxygens (including phenoxy) is 1. The standard InChI is InChI=1S/C33H34FN5O5/c1-18-22(20-12-27(34)25(29(13-20)44-5)16-35-21-14-30(40)36-15-21)8-6-9-23(18)24-10-7-11-28(19(24)2)37-31(41)26-17-38(3)33(43)39(4)32(26)42/h6-13,17,21,35H,14-16H2,1-5H3,(H,36,40)(H,37,41). The predicted molar refractivity (Wildman–Crippen MR) is 166 cm³/mol. The maximum atomic E-state index is 15.5. The second-order valence-corrected chi connectivity index (χ2v) is 10.9. The molecule has 1 saturated heterocycles. The molecule has 10 nitrogen and oxygen atoms in total. The summed E-state index contributed by atoms with van der Waals surface area (Å²) in [7, 11) is 4.30. The number of carbonyl (C=O) groups is 2. The number of halogens is 1. The molecule has 0 saturated carbocycles. The largest absolute Gasteiger partial charge is 0.496 e. The van der Waals surface area contributed by atoms with E-state index < -0.39 is 23.0 Å². The van der Waals surface area contributed by atoms with Gasteiger partial charge in [0, 0.05) is 57.1 Å². The summed E-state index contributed by atoms with van der Waals surface area (Å²) < 4.78 is 23.1. The highest BCUT2D eigenvalue weighted by Gasteiger charge is 2.23. The van der Waals surface area contributed by atoms with Crippen LogP contribution >= 0.6 is 0 Å². The Balaban J connectivity index is 1.46. The van der Waals surface area contributed by atoms with Gasteiger partial charge in [-0.3, -0.25) is 19.0 Å². The summed E-state index contributed by atoms with van der Waals surface area (Å²) >= 11 is 0. The van der Waals surface area contributed by atoms with Gasteiger partial charge in [-0.2, -0.15) is 0 Å². The molecule has 44 heavy (non-hydrogen) atoms. The normalized spacial score (nSPS) is 14.4. The first-order valence-corrected chi connectivity index (χ1v) is 14.1. The third-order valence-electron chi connectivity index (χ3n) is 8.13. The van der Waals surface area contributed by atoms with Gasteiger partial charge < -0.3 is 25.3 Å². The van der Waals surface area contributed by atoms with Crippen molar-refractivity contribution in [3.8, 4) is 28.0 Å². The Morgan fingerprint density at radius 3 is 2.39 bits per heavy atom. The minimum atomic E-state index is -0.682. The molecule has 0 radical (unpaired) electrons. The van der Waals surface area contributed by atoms with Crippen molar-refractivity contribution in [2.24, 2.45) is 14.1 Å². The third-order valence-corrected chi connectivity index (χ3v) is 8.13. The minimum Gasteiger partial charge on any atom is -0.496 e. The van der Waals surface area contributed by atoms with Crippen molar-refractivity contribution < 1.29 is 18.7 Å². The van der Waals surface area contributed by atoms with E-state index in [1.807, 2.05) is 38.1 Å². The molecule has 0 spiro atoms. The lowest BCUT2D eigenvalue weighted by molar-refractivity contribution is -0.119. The fourth-order valence-electron chi connectivity index (χ4n) is 5.57. The number of anilines is 1. The Morgan fingerprint density at radius 2 is 1.70 bits per heavy atom. The van der Waals surface area contributed by atoms with Gasteiger partial charge in [0.15, 0.2) is 0 Å². The van der Waals surface area contributed by atoms with Crippen molar-refractivity contribution in [1.82, 2.24) is 19.8 Å². The Kier molecular flexibility index (Phi) is 8.50. The SMILES string of the molecule is COc1cc(-c2cccc(-c3cccc(NC(=O)c4cn(C)c(=O)n(C)c4=O)c3C)c2C)cc(F)c1CNC1CNC(=O)C1.